The van der Waals surface area contributed by atoms with Gasteiger partial charge >= 0.3 is 11.9 Å². The Labute approximate surface area is 91.7 Å². The van der Waals surface area contributed by atoms with E-state index in [9.17, 15) is 9.59 Å². The lowest BCUT2D eigenvalue weighted by Gasteiger charge is -2.24. The fourth-order valence-corrected chi connectivity index (χ4v) is 3.90. The lowest BCUT2D eigenvalue weighted by molar-refractivity contribution is -0.155. The van der Waals surface area contributed by atoms with Crippen molar-refractivity contribution in [1.82, 2.24) is 5.48 Å². The highest BCUT2D eigenvalue weighted by Gasteiger charge is 2.67. The van der Waals surface area contributed by atoms with Crippen molar-refractivity contribution in [1.29, 1.82) is 0 Å². The molecule has 3 fully saturated rings. The van der Waals surface area contributed by atoms with E-state index in [1.807, 2.05) is 6.92 Å². The monoisotopic (exact) mass is 221 g/mol. The Morgan fingerprint density at radius 2 is 2.00 bits per heavy atom. The lowest BCUT2D eigenvalue weighted by atomic mass is 9.76. The fourth-order valence-electron chi connectivity index (χ4n) is 3.90. The van der Waals surface area contributed by atoms with Gasteiger partial charge in [0.25, 0.3) is 0 Å². The van der Waals surface area contributed by atoms with Gasteiger partial charge in [-0.05, 0) is 24.8 Å². The first kappa shape index (κ1) is 8.75. The number of carbonyl (C=O) groups excluding carboxylic acids is 2. The second-order valence-corrected chi connectivity index (χ2v) is 5.02. The predicted octanol–water partition coefficient (Wildman–Crippen LogP) is 0.129. The molecular formula is C11H11NO4. The largest absolute Gasteiger partial charge is 0.393 e. The highest BCUT2D eigenvalue weighted by Crippen LogP contribution is 2.60. The zero-order chi connectivity index (χ0) is 11.0. The van der Waals surface area contributed by atoms with Crippen molar-refractivity contribution in [2.45, 2.75) is 19.4 Å². The van der Waals surface area contributed by atoms with Crippen LogP contribution in [0.1, 0.15) is 13.3 Å². The average Bonchev–Trinajstić information content (AvgIpc) is 2.90. The number of hydrogen-bond donors (Lipinski definition) is 1. The molecule has 5 heteroatoms. The van der Waals surface area contributed by atoms with Gasteiger partial charge in [-0.1, -0.05) is 0 Å². The predicted molar refractivity (Wildman–Crippen MR) is 50.4 cm³/mol. The second-order valence-electron chi connectivity index (χ2n) is 5.02. The van der Waals surface area contributed by atoms with E-state index in [4.69, 9.17) is 9.57 Å². The quantitative estimate of drug-likeness (QED) is 0.465. The normalized spacial score (nSPS) is 48.2. The van der Waals surface area contributed by atoms with Crippen molar-refractivity contribution < 1.29 is 19.2 Å². The zero-order valence-electron chi connectivity index (χ0n) is 8.73. The van der Waals surface area contributed by atoms with Gasteiger partial charge in [0.1, 0.15) is 6.10 Å². The number of esters is 2. The Bertz CT molecular complexity index is 455. The van der Waals surface area contributed by atoms with E-state index in [-0.39, 0.29) is 41.7 Å². The number of hydroxylamine groups is 1. The van der Waals surface area contributed by atoms with Crippen LogP contribution in [0.3, 0.4) is 0 Å². The van der Waals surface area contributed by atoms with Crippen LogP contribution in [0.25, 0.3) is 0 Å². The van der Waals surface area contributed by atoms with Crippen LogP contribution in [-0.2, 0) is 19.2 Å². The van der Waals surface area contributed by atoms with Gasteiger partial charge in [-0.2, -0.15) is 0 Å². The van der Waals surface area contributed by atoms with Crippen LogP contribution in [0.15, 0.2) is 11.3 Å². The third-order valence-corrected chi connectivity index (χ3v) is 4.42. The summed E-state index contributed by atoms with van der Waals surface area (Å²) in [6.07, 6.45) is 0.861. The lowest BCUT2D eigenvalue weighted by Crippen LogP contribution is -2.35. The molecule has 2 aliphatic heterocycles. The Morgan fingerprint density at radius 3 is 2.81 bits per heavy atom. The average molecular weight is 221 g/mol. The van der Waals surface area contributed by atoms with E-state index in [2.05, 4.69) is 5.48 Å². The molecule has 0 spiro atoms. The molecule has 0 aromatic carbocycles. The van der Waals surface area contributed by atoms with Crippen LogP contribution >= 0.6 is 0 Å². The first-order chi connectivity index (χ1) is 7.68. The van der Waals surface area contributed by atoms with Gasteiger partial charge in [-0.3, -0.25) is 19.9 Å². The molecule has 4 aliphatic rings. The maximum atomic E-state index is 11.6. The second kappa shape index (κ2) is 2.48. The Morgan fingerprint density at radius 1 is 1.25 bits per heavy atom. The number of hydrogen-bond acceptors (Lipinski definition) is 5. The molecule has 5 atom stereocenters. The van der Waals surface area contributed by atoms with Crippen LogP contribution in [-0.4, -0.2) is 18.0 Å². The number of ether oxygens (including phenoxy) is 1. The minimum atomic E-state index is -0.352. The molecule has 1 N–H and O–H groups in total. The zero-order valence-corrected chi connectivity index (χ0v) is 8.73. The first-order valence-corrected chi connectivity index (χ1v) is 5.56. The van der Waals surface area contributed by atoms with Crippen molar-refractivity contribution in [3.8, 4) is 0 Å². The van der Waals surface area contributed by atoms with Gasteiger partial charge in [0.15, 0.2) is 0 Å². The molecule has 5 nitrogen and oxygen atoms in total. The SMILES string of the molecule is CC1=C2C3CC(C2ON1)C1C(=O)OC(=O)C31. The third-order valence-electron chi connectivity index (χ3n) is 4.42. The van der Waals surface area contributed by atoms with Gasteiger partial charge in [-0.25, -0.2) is 0 Å². The number of rotatable bonds is 0. The van der Waals surface area contributed by atoms with Crippen molar-refractivity contribution in [3.05, 3.63) is 11.3 Å². The summed E-state index contributed by atoms with van der Waals surface area (Å²) in [5.41, 5.74) is 5.04. The van der Waals surface area contributed by atoms with E-state index >= 15 is 0 Å². The summed E-state index contributed by atoms with van der Waals surface area (Å²) in [5.74, 6) is -0.938. The molecule has 4 rings (SSSR count). The molecule has 16 heavy (non-hydrogen) atoms. The van der Waals surface area contributed by atoms with Gasteiger partial charge < -0.3 is 4.74 Å². The van der Waals surface area contributed by atoms with E-state index < -0.39 is 0 Å². The molecule has 0 aromatic rings. The highest BCUT2D eigenvalue weighted by atomic mass is 16.7. The number of nitrogens with one attached hydrogen (secondary N) is 1. The number of cyclic esters (lactones) is 2. The van der Waals surface area contributed by atoms with Crippen LogP contribution in [0.5, 0.6) is 0 Å². The molecule has 2 heterocycles. The summed E-state index contributed by atoms with van der Waals surface area (Å²) in [7, 11) is 0. The smallest absolute Gasteiger partial charge is 0.318 e. The Hall–Kier alpha value is -1.36. The number of allylic oxidation sites excluding steroid dienone is 1. The molecule has 84 valence electrons. The summed E-state index contributed by atoms with van der Waals surface area (Å²) >= 11 is 0. The summed E-state index contributed by atoms with van der Waals surface area (Å²) in [6.45, 7) is 1.95. The van der Waals surface area contributed by atoms with Crippen molar-refractivity contribution in [2.24, 2.45) is 23.7 Å². The van der Waals surface area contributed by atoms with E-state index in [1.165, 1.54) is 5.57 Å². The molecule has 2 aliphatic carbocycles. The fraction of sp³-hybridized carbons (Fsp3) is 0.636. The van der Waals surface area contributed by atoms with Crippen LogP contribution < -0.4 is 5.48 Å². The van der Waals surface area contributed by atoms with E-state index in [0.29, 0.717) is 0 Å². The van der Waals surface area contributed by atoms with E-state index in [0.717, 1.165) is 12.1 Å². The molecule has 0 radical (unpaired) electrons. The maximum absolute atomic E-state index is 11.6. The molecule has 1 saturated heterocycles. The minimum Gasteiger partial charge on any atom is -0.393 e. The first-order valence-electron chi connectivity index (χ1n) is 5.56. The maximum Gasteiger partial charge on any atom is 0.318 e. The highest BCUT2D eigenvalue weighted by molar-refractivity contribution is 5.98. The number of fused-ring (bicyclic) bond motifs is 8. The van der Waals surface area contributed by atoms with Crippen molar-refractivity contribution in [2.75, 3.05) is 0 Å². The number of carbonyl (C=O) groups is 2. The van der Waals surface area contributed by atoms with Gasteiger partial charge in [0, 0.05) is 11.6 Å². The van der Waals surface area contributed by atoms with Gasteiger partial charge in [0.05, 0.1) is 11.8 Å². The molecule has 5 unspecified atom stereocenters. The van der Waals surface area contributed by atoms with Crippen LogP contribution in [0.2, 0.25) is 0 Å². The molecule has 2 bridgehead atoms. The summed E-state index contributed by atoms with van der Waals surface area (Å²) < 4.78 is 4.73. The van der Waals surface area contributed by atoms with Gasteiger partial charge in [0.2, 0.25) is 0 Å². The summed E-state index contributed by atoms with van der Waals surface area (Å²) in [4.78, 5) is 28.7. The topological polar surface area (TPSA) is 64.6 Å². The Kier molecular flexibility index (Phi) is 1.36. The minimum absolute atomic E-state index is 0.0234. The van der Waals surface area contributed by atoms with Crippen LogP contribution in [0.4, 0.5) is 0 Å². The summed E-state index contributed by atoms with van der Waals surface area (Å²) in [6, 6.07) is 0. The summed E-state index contributed by atoms with van der Waals surface area (Å²) in [5, 5.41) is 0. The molecule has 0 amide bonds. The van der Waals surface area contributed by atoms with Gasteiger partial charge in [-0.15, -0.1) is 0 Å². The van der Waals surface area contributed by atoms with E-state index in [1.54, 1.807) is 0 Å². The van der Waals surface area contributed by atoms with Crippen molar-refractivity contribution >= 4 is 11.9 Å². The van der Waals surface area contributed by atoms with Crippen LogP contribution in [0, 0.1) is 23.7 Å². The standard InChI is InChI=1S/C11H11NO4/c1-3-6-4-2-5(9(6)16-12-3)8-7(4)10(13)15-11(8)14/h4-5,7-9,12H,2H2,1H3. The molecule has 0 aromatic heterocycles. The molecular weight excluding hydrogens is 210 g/mol. The van der Waals surface area contributed by atoms with Crippen molar-refractivity contribution in [3.63, 3.8) is 0 Å². The molecule has 2 saturated carbocycles. The third kappa shape index (κ3) is 0.755. The Balaban J connectivity index is 1.84.